The van der Waals surface area contributed by atoms with Crippen molar-refractivity contribution in [3.05, 3.63) is 40.9 Å². The minimum absolute atomic E-state index is 0.0414. The summed E-state index contributed by atoms with van der Waals surface area (Å²) >= 11 is 3.13. The Hall–Kier alpha value is -2.54. The van der Waals surface area contributed by atoms with Crippen LogP contribution in [0.3, 0.4) is 0 Å². The second kappa shape index (κ2) is 10.6. The highest BCUT2D eigenvalue weighted by atomic mass is 32.2. The molecule has 12 heteroatoms. The van der Waals surface area contributed by atoms with Crippen LogP contribution in [-0.2, 0) is 10.0 Å². The van der Waals surface area contributed by atoms with Crippen molar-refractivity contribution >= 4 is 44.6 Å². The first-order valence-electron chi connectivity index (χ1n) is 9.98. The summed E-state index contributed by atoms with van der Waals surface area (Å²) in [4.78, 5) is 10.3. The van der Waals surface area contributed by atoms with E-state index < -0.39 is 10.0 Å². The molecule has 0 spiro atoms. The smallest absolute Gasteiger partial charge is 0.208 e. The molecule has 0 saturated carbocycles. The summed E-state index contributed by atoms with van der Waals surface area (Å²) in [6.45, 7) is 4.42. The molecule has 0 aliphatic carbocycles. The lowest BCUT2D eigenvalue weighted by Gasteiger charge is -2.12. The molecule has 33 heavy (non-hydrogen) atoms. The quantitative estimate of drug-likeness (QED) is 0.276. The first-order chi connectivity index (χ1) is 15.6. The number of hydrogen-bond donors (Lipinski definition) is 3. The zero-order valence-corrected chi connectivity index (χ0v) is 21.2. The van der Waals surface area contributed by atoms with Crippen LogP contribution in [0.4, 0.5) is 11.5 Å². The highest BCUT2D eigenvalue weighted by Gasteiger charge is 2.19. The maximum Gasteiger partial charge on any atom is 0.208 e. The van der Waals surface area contributed by atoms with E-state index in [9.17, 15) is 8.42 Å². The third kappa shape index (κ3) is 6.97. The van der Waals surface area contributed by atoms with Crippen LogP contribution < -0.4 is 25.7 Å². The van der Waals surface area contributed by atoms with Crippen molar-refractivity contribution in [2.24, 2.45) is 0 Å². The molecule has 2 heterocycles. The summed E-state index contributed by atoms with van der Waals surface area (Å²) in [7, 11) is -1.72. The number of benzene rings is 1. The number of nitrogens with zero attached hydrogens (tertiary/aromatic N) is 2. The fraction of sp³-hybridized carbons (Fsp3) is 0.333. The number of methoxy groups -OCH3 is 1. The fourth-order valence-electron chi connectivity index (χ4n) is 3.06. The van der Waals surface area contributed by atoms with Crippen molar-refractivity contribution in [1.29, 1.82) is 0 Å². The molecule has 0 aliphatic heterocycles. The van der Waals surface area contributed by atoms with Crippen LogP contribution in [0.1, 0.15) is 22.7 Å². The highest BCUT2D eigenvalue weighted by Crippen LogP contribution is 2.41. The second-order valence-electron chi connectivity index (χ2n) is 7.26. The average molecular weight is 510 g/mol. The Labute approximate surface area is 202 Å². The zero-order valence-electron chi connectivity index (χ0n) is 18.8. The third-order valence-electron chi connectivity index (χ3n) is 4.49. The molecule has 1 aromatic carbocycles. The number of pyridine rings is 1. The number of hydrogen-bond acceptors (Lipinski definition) is 10. The van der Waals surface area contributed by atoms with E-state index in [1.54, 1.807) is 42.3 Å². The number of rotatable bonds is 10. The van der Waals surface area contributed by atoms with Gasteiger partial charge in [-0.15, -0.1) is 11.3 Å². The van der Waals surface area contributed by atoms with Crippen molar-refractivity contribution in [3.8, 4) is 22.1 Å². The maximum atomic E-state index is 11.2. The van der Waals surface area contributed by atoms with E-state index in [1.807, 2.05) is 25.1 Å². The average Bonchev–Trinajstić information content (AvgIpc) is 3.11. The molecular formula is C21H27N5O4S3. The molecule has 178 valence electrons. The van der Waals surface area contributed by atoms with Crippen molar-refractivity contribution in [3.63, 3.8) is 0 Å². The van der Waals surface area contributed by atoms with Crippen molar-refractivity contribution in [1.82, 2.24) is 14.7 Å². The van der Waals surface area contributed by atoms with E-state index in [-0.39, 0.29) is 18.4 Å². The number of thioether (sulfide) groups is 1. The summed E-state index contributed by atoms with van der Waals surface area (Å²) in [5.41, 5.74) is 14.1. The number of nitrogens with one attached hydrogen (secondary N) is 1. The molecule has 0 radical (unpaired) electrons. The van der Waals surface area contributed by atoms with Crippen LogP contribution in [0.5, 0.6) is 11.5 Å². The molecule has 1 atom stereocenters. The Kier molecular flexibility index (Phi) is 8.05. The molecular weight excluding hydrogens is 482 g/mol. The number of anilines is 2. The van der Waals surface area contributed by atoms with Gasteiger partial charge in [-0.3, -0.25) is 0 Å². The Morgan fingerprint density at radius 2 is 1.94 bits per heavy atom. The van der Waals surface area contributed by atoms with Gasteiger partial charge in [0.05, 0.1) is 24.3 Å². The van der Waals surface area contributed by atoms with Gasteiger partial charge in [-0.1, -0.05) is 11.8 Å². The second-order valence-corrected chi connectivity index (χ2v) is 11.7. The van der Waals surface area contributed by atoms with E-state index in [4.69, 9.17) is 25.9 Å². The van der Waals surface area contributed by atoms with Crippen molar-refractivity contribution < 1.29 is 17.9 Å². The molecule has 2 aromatic heterocycles. The lowest BCUT2D eigenvalue weighted by molar-refractivity contribution is 0.299. The molecule has 0 saturated heterocycles. The molecule has 0 bridgehead atoms. The molecule has 0 unspecified atom stereocenters. The lowest BCUT2D eigenvalue weighted by atomic mass is 10.2. The van der Waals surface area contributed by atoms with Gasteiger partial charge in [-0.2, -0.15) is 0 Å². The maximum absolute atomic E-state index is 11.2. The van der Waals surface area contributed by atoms with Gasteiger partial charge in [0.2, 0.25) is 10.0 Å². The van der Waals surface area contributed by atoms with E-state index in [0.29, 0.717) is 23.0 Å². The van der Waals surface area contributed by atoms with Crippen LogP contribution in [0.2, 0.25) is 0 Å². The van der Waals surface area contributed by atoms with Gasteiger partial charge in [0, 0.05) is 28.7 Å². The van der Waals surface area contributed by atoms with Crippen LogP contribution in [0.15, 0.2) is 35.4 Å². The Balaban J connectivity index is 1.78. The number of sulfonamides is 1. The van der Waals surface area contributed by atoms with E-state index in [1.165, 1.54) is 0 Å². The van der Waals surface area contributed by atoms with Crippen LogP contribution in [0.25, 0.3) is 10.6 Å². The predicted molar refractivity (Wildman–Crippen MR) is 135 cm³/mol. The van der Waals surface area contributed by atoms with Gasteiger partial charge in [0.1, 0.15) is 22.5 Å². The summed E-state index contributed by atoms with van der Waals surface area (Å²) in [5.74, 6) is 1.46. The number of ether oxygens (including phenoxy) is 2. The van der Waals surface area contributed by atoms with Crippen LogP contribution in [-0.4, -0.2) is 44.9 Å². The number of nitrogens with two attached hydrogens (primary N) is 2. The van der Waals surface area contributed by atoms with E-state index in [0.717, 1.165) is 32.4 Å². The first kappa shape index (κ1) is 25.1. The topological polar surface area (TPSA) is 142 Å². The first-order valence-corrected chi connectivity index (χ1v) is 13.6. The Morgan fingerprint density at radius 1 is 1.18 bits per heavy atom. The normalized spacial score (nSPS) is 12.5. The zero-order chi connectivity index (χ0) is 24.2. The minimum atomic E-state index is -3.27. The molecule has 0 amide bonds. The summed E-state index contributed by atoms with van der Waals surface area (Å²) < 4.78 is 36.0. The number of aromatic nitrogens is 2. The molecule has 3 aromatic rings. The van der Waals surface area contributed by atoms with Gasteiger partial charge < -0.3 is 20.9 Å². The Morgan fingerprint density at radius 3 is 2.61 bits per heavy atom. The molecule has 9 nitrogen and oxygen atoms in total. The van der Waals surface area contributed by atoms with E-state index >= 15 is 0 Å². The van der Waals surface area contributed by atoms with Gasteiger partial charge in [-0.05, 0) is 38.1 Å². The minimum Gasteiger partial charge on any atom is -0.493 e. The monoisotopic (exact) mass is 509 g/mol. The molecule has 0 aliphatic rings. The molecule has 5 N–H and O–H groups in total. The largest absolute Gasteiger partial charge is 0.493 e. The number of thiazole rings is 1. The molecule has 3 rings (SSSR count). The number of aryl methyl sites for hydroxylation is 1. The lowest BCUT2D eigenvalue weighted by Crippen LogP contribution is -2.26. The van der Waals surface area contributed by atoms with E-state index in [2.05, 4.69) is 16.6 Å². The standard InChI is InChI=1S/C21H27N5O4S3/c1-12(31-19-11-15(22)10-18(23)25-19)20-13(2)32-21(26-20)14-5-6-16(29-3)17(9-14)30-8-7-24-33(4,27)28/h5-6,9-12,24H,7-8H2,1-4H3,(H4,22,23,25)/t12-/m1/s1. The SMILES string of the molecule is COc1ccc(-c2nc([C@@H](C)Sc3cc(N)cc(N)n3)c(C)s2)cc1OCCNS(C)(=O)=O. The fourth-order valence-corrected chi connectivity index (χ4v) is 5.66. The van der Waals surface area contributed by atoms with Gasteiger partial charge >= 0.3 is 0 Å². The van der Waals surface area contributed by atoms with Gasteiger partial charge in [0.15, 0.2) is 11.5 Å². The third-order valence-corrected chi connectivity index (χ3v) is 7.29. The number of nitrogen functional groups attached to an aromatic ring is 2. The van der Waals surface area contributed by atoms with Crippen LogP contribution in [0, 0.1) is 6.92 Å². The summed E-state index contributed by atoms with van der Waals surface area (Å²) in [6, 6.07) is 9.00. The predicted octanol–water partition coefficient (Wildman–Crippen LogP) is 3.47. The summed E-state index contributed by atoms with van der Waals surface area (Å²) in [5, 5.41) is 1.63. The Bertz CT molecular complexity index is 1210. The van der Waals surface area contributed by atoms with Gasteiger partial charge in [-0.25, -0.2) is 23.1 Å². The highest BCUT2D eigenvalue weighted by molar-refractivity contribution is 7.99. The van der Waals surface area contributed by atoms with Gasteiger partial charge in [0.25, 0.3) is 0 Å². The van der Waals surface area contributed by atoms with Crippen molar-refractivity contribution in [2.75, 3.05) is 38.0 Å². The van der Waals surface area contributed by atoms with Crippen LogP contribution >= 0.6 is 23.1 Å². The van der Waals surface area contributed by atoms with Crippen molar-refractivity contribution in [2.45, 2.75) is 24.1 Å². The summed E-state index contributed by atoms with van der Waals surface area (Å²) in [6.07, 6.45) is 1.10. The molecule has 0 fully saturated rings.